The first kappa shape index (κ1) is 16.5. The highest BCUT2D eigenvalue weighted by atomic mass is 28.3. The van der Waals surface area contributed by atoms with Crippen LogP contribution in [0.15, 0.2) is 11.0 Å². The Bertz CT molecular complexity index is 684. The van der Waals surface area contributed by atoms with Gasteiger partial charge in [0.05, 0.1) is 11.8 Å². The summed E-state index contributed by atoms with van der Waals surface area (Å²) in [5.74, 6) is 6.16. The predicted molar refractivity (Wildman–Crippen MR) is 89.9 cm³/mol. The second-order valence-corrected chi connectivity index (χ2v) is 16.4. The average molecular weight is 303 g/mol. The van der Waals surface area contributed by atoms with Crippen molar-refractivity contribution in [3.05, 3.63) is 27.7 Å². The molecule has 0 saturated carbocycles. The molecule has 0 aliphatic rings. The predicted octanol–water partition coefficient (Wildman–Crippen LogP) is 2.24. The number of aryl methyl sites for hydroxylation is 1. The van der Waals surface area contributed by atoms with Gasteiger partial charge in [-0.1, -0.05) is 51.1 Å². The molecule has 0 bridgehead atoms. The van der Waals surface area contributed by atoms with Crippen LogP contribution in [-0.2, 0) is 7.05 Å². The van der Waals surface area contributed by atoms with Crippen LogP contribution in [0, 0.1) is 22.9 Å². The van der Waals surface area contributed by atoms with Crippen LogP contribution in [0.5, 0.6) is 0 Å². The molecule has 20 heavy (non-hydrogen) atoms. The third-order valence-corrected chi connectivity index (χ3v) is 4.02. The molecule has 0 aliphatic carbocycles. The standard InChI is InChI=1S/C15H22N2OSi2/c1-17-15(18)14(9-11-20(5,6)7)13(12-16-17)8-10-19(2,3)4/h12H,1-7H3. The van der Waals surface area contributed by atoms with Gasteiger partial charge < -0.3 is 0 Å². The van der Waals surface area contributed by atoms with Crippen molar-refractivity contribution < 1.29 is 0 Å². The Kier molecular flexibility index (Phi) is 4.80. The van der Waals surface area contributed by atoms with Crippen LogP contribution in [0.25, 0.3) is 0 Å². The van der Waals surface area contributed by atoms with Crippen LogP contribution in [0.2, 0.25) is 39.3 Å². The molecule has 106 valence electrons. The van der Waals surface area contributed by atoms with Crippen molar-refractivity contribution in [2.24, 2.45) is 7.05 Å². The Balaban J connectivity index is 3.46. The van der Waals surface area contributed by atoms with Gasteiger partial charge in [0.1, 0.15) is 21.7 Å². The van der Waals surface area contributed by atoms with Gasteiger partial charge >= 0.3 is 0 Å². The van der Waals surface area contributed by atoms with Crippen molar-refractivity contribution in [3.63, 3.8) is 0 Å². The molecule has 0 fully saturated rings. The molecule has 0 atom stereocenters. The maximum absolute atomic E-state index is 12.2. The Labute approximate surface area is 123 Å². The highest BCUT2D eigenvalue weighted by molar-refractivity contribution is 6.84. The molecule has 0 unspecified atom stereocenters. The largest absolute Gasteiger partial charge is 0.283 e. The monoisotopic (exact) mass is 302 g/mol. The van der Waals surface area contributed by atoms with E-state index in [1.807, 2.05) is 0 Å². The minimum Gasteiger partial charge on any atom is -0.266 e. The minimum absolute atomic E-state index is 0.168. The lowest BCUT2D eigenvalue weighted by molar-refractivity contribution is 0.703. The van der Waals surface area contributed by atoms with E-state index in [4.69, 9.17) is 0 Å². The zero-order chi connectivity index (χ0) is 15.6. The lowest BCUT2D eigenvalue weighted by atomic mass is 10.2. The fourth-order valence-electron chi connectivity index (χ4n) is 1.26. The quantitative estimate of drug-likeness (QED) is 0.544. The molecular weight excluding hydrogens is 280 g/mol. The second kappa shape index (κ2) is 5.82. The first-order valence-electron chi connectivity index (χ1n) is 6.62. The van der Waals surface area contributed by atoms with Gasteiger partial charge in [-0.25, -0.2) is 4.68 Å². The van der Waals surface area contributed by atoms with E-state index in [2.05, 4.69) is 67.3 Å². The zero-order valence-electron chi connectivity index (χ0n) is 13.4. The fourth-order valence-corrected chi connectivity index (χ4v) is 2.27. The summed E-state index contributed by atoms with van der Waals surface area (Å²) in [7, 11) is -1.39. The highest BCUT2D eigenvalue weighted by Crippen LogP contribution is 2.03. The van der Waals surface area contributed by atoms with Crippen molar-refractivity contribution in [3.8, 4) is 22.9 Å². The van der Waals surface area contributed by atoms with Crippen LogP contribution in [0.4, 0.5) is 0 Å². The molecule has 0 N–H and O–H groups in total. The van der Waals surface area contributed by atoms with E-state index in [-0.39, 0.29) is 5.56 Å². The summed E-state index contributed by atoms with van der Waals surface area (Å²) in [6.07, 6.45) is 1.64. The maximum atomic E-state index is 12.2. The molecule has 1 heterocycles. The molecule has 0 aromatic carbocycles. The van der Waals surface area contributed by atoms with Crippen molar-refractivity contribution in [2.75, 3.05) is 0 Å². The van der Waals surface area contributed by atoms with Crippen LogP contribution in [0.1, 0.15) is 11.1 Å². The number of rotatable bonds is 0. The van der Waals surface area contributed by atoms with E-state index >= 15 is 0 Å². The van der Waals surface area contributed by atoms with Crippen molar-refractivity contribution >= 4 is 16.1 Å². The number of aromatic nitrogens is 2. The van der Waals surface area contributed by atoms with Crippen molar-refractivity contribution in [1.82, 2.24) is 9.78 Å². The Morgan fingerprint density at radius 2 is 1.50 bits per heavy atom. The molecular formula is C15H22N2OSi2. The molecule has 1 aromatic heterocycles. The van der Waals surface area contributed by atoms with E-state index in [9.17, 15) is 4.79 Å². The maximum Gasteiger partial charge on any atom is 0.283 e. The summed E-state index contributed by atoms with van der Waals surface area (Å²) >= 11 is 0. The molecule has 0 saturated heterocycles. The normalized spacial score (nSPS) is 11.2. The second-order valence-electron chi connectivity index (χ2n) is 6.86. The molecule has 1 rings (SSSR count). The van der Waals surface area contributed by atoms with Crippen LogP contribution < -0.4 is 5.56 Å². The van der Waals surface area contributed by atoms with Gasteiger partial charge in [0.15, 0.2) is 0 Å². The van der Waals surface area contributed by atoms with Gasteiger partial charge in [0, 0.05) is 7.05 Å². The Hall–Kier alpha value is -1.57. The van der Waals surface area contributed by atoms with E-state index in [0.29, 0.717) is 11.1 Å². The summed E-state index contributed by atoms with van der Waals surface area (Å²) in [6.45, 7) is 13.0. The molecule has 0 amide bonds. The van der Waals surface area contributed by atoms with E-state index in [1.165, 1.54) is 4.68 Å². The number of hydrogen-bond donors (Lipinski definition) is 0. The molecule has 0 radical (unpaired) electrons. The van der Waals surface area contributed by atoms with E-state index in [1.54, 1.807) is 13.2 Å². The first-order chi connectivity index (χ1) is 8.99. The molecule has 5 heteroatoms. The number of hydrogen-bond acceptors (Lipinski definition) is 2. The summed E-state index contributed by atoms with van der Waals surface area (Å²) in [5.41, 5.74) is 7.47. The number of nitrogens with zero attached hydrogens (tertiary/aromatic N) is 2. The van der Waals surface area contributed by atoms with Crippen molar-refractivity contribution in [2.45, 2.75) is 39.3 Å². The molecule has 1 aromatic rings. The third-order valence-electron chi connectivity index (χ3n) is 2.27. The molecule has 0 aliphatic heterocycles. The third kappa shape index (κ3) is 5.20. The zero-order valence-corrected chi connectivity index (χ0v) is 15.4. The lowest BCUT2D eigenvalue weighted by Crippen LogP contribution is -2.24. The summed E-state index contributed by atoms with van der Waals surface area (Å²) in [6, 6.07) is 0. The van der Waals surface area contributed by atoms with Gasteiger partial charge in [-0.15, -0.1) is 11.1 Å². The van der Waals surface area contributed by atoms with Gasteiger partial charge in [-0.2, -0.15) is 5.10 Å². The summed E-state index contributed by atoms with van der Waals surface area (Å²) < 4.78 is 1.31. The van der Waals surface area contributed by atoms with Gasteiger partial charge in [-0.3, -0.25) is 4.79 Å². The average Bonchev–Trinajstić information content (AvgIpc) is 2.27. The van der Waals surface area contributed by atoms with Gasteiger partial charge in [0.2, 0.25) is 0 Å². The van der Waals surface area contributed by atoms with E-state index in [0.717, 1.165) is 0 Å². The lowest BCUT2D eigenvalue weighted by Gasteiger charge is -2.06. The van der Waals surface area contributed by atoms with Crippen LogP contribution in [0.3, 0.4) is 0 Å². The first-order valence-corrected chi connectivity index (χ1v) is 13.6. The van der Waals surface area contributed by atoms with Gasteiger partial charge in [0.25, 0.3) is 5.56 Å². The van der Waals surface area contributed by atoms with Crippen LogP contribution in [-0.4, -0.2) is 25.9 Å². The minimum atomic E-state index is -1.53. The fraction of sp³-hybridized carbons (Fsp3) is 0.467. The molecule has 0 spiro atoms. The van der Waals surface area contributed by atoms with Crippen LogP contribution >= 0.6 is 0 Å². The highest BCUT2D eigenvalue weighted by Gasteiger charge is 2.12. The SMILES string of the molecule is Cn1ncc(C#C[Si](C)(C)C)c(C#C[Si](C)(C)C)c1=O. The Morgan fingerprint density at radius 3 is 2.00 bits per heavy atom. The summed E-state index contributed by atoms with van der Waals surface area (Å²) in [4.78, 5) is 12.2. The Morgan fingerprint density at radius 1 is 1.00 bits per heavy atom. The van der Waals surface area contributed by atoms with E-state index < -0.39 is 16.1 Å². The van der Waals surface area contributed by atoms with Crippen molar-refractivity contribution in [1.29, 1.82) is 0 Å². The smallest absolute Gasteiger partial charge is 0.266 e. The molecule has 3 nitrogen and oxygen atoms in total. The van der Waals surface area contributed by atoms with Gasteiger partial charge in [-0.05, 0) is 0 Å². The summed E-state index contributed by atoms with van der Waals surface area (Å²) in [5, 5.41) is 4.05. The topological polar surface area (TPSA) is 34.9 Å².